The number of rotatable bonds is 5. The molecule has 0 radical (unpaired) electrons. The molecule has 1 aromatic rings. The summed E-state index contributed by atoms with van der Waals surface area (Å²) in [7, 11) is 9.20. The molecule has 6 nitrogen and oxygen atoms in total. The summed E-state index contributed by atoms with van der Waals surface area (Å²) in [6, 6.07) is 5.77. The van der Waals surface area contributed by atoms with Crippen LogP contribution in [0.4, 0.5) is 0 Å². The van der Waals surface area contributed by atoms with Crippen molar-refractivity contribution in [3.8, 4) is 11.5 Å². The zero-order valence-corrected chi connectivity index (χ0v) is 16.4. The third-order valence-corrected chi connectivity index (χ3v) is 5.98. The van der Waals surface area contributed by atoms with E-state index in [1.807, 2.05) is 11.0 Å². The lowest BCUT2D eigenvalue weighted by Crippen LogP contribution is -2.47. The molecule has 1 saturated heterocycles. The van der Waals surface area contributed by atoms with Gasteiger partial charge in [-0.15, -0.1) is 0 Å². The molecule has 4 atom stereocenters. The fraction of sp³-hybridized carbons (Fsp3) is 0.650. The van der Waals surface area contributed by atoms with E-state index in [4.69, 9.17) is 14.2 Å². The minimum Gasteiger partial charge on any atom is -0.497 e. The molecule has 1 aromatic carbocycles. The highest BCUT2D eigenvalue weighted by Crippen LogP contribution is 2.39. The van der Waals surface area contributed by atoms with E-state index in [1.54, 1.807) is 33.5 Å². The van der Waals surface area contributed by atoms with Crippen LogP contribution in [0.2, 0.25) is 0 Å². The summed E-state index contributed by atoms with van der Waals surface area (Å²) in [5.74, 6) is 2.32. The molecule has 6 heteroatoms. The molecule has 0 spiro atoms. The second kappa shape index (κ2) is 7.84. The summed E-state index contributed by atoms with van der Waals surface area (Å²) in [5.41, 5.74) is 0.597. The van der Waals surface area contributed by atoms with Gasteiger partial charge < -0.3 is 24.0 Å². The maximum Gasteiger partial charge on any atom is 0.257 e. The fourth-order valence-electron chi connectivity index (χ4n) is 4.50. The van der Waals surface area contributed by atoms with Gasteiger partial charge in [0.15, 0.2) is 0 Å². The lowest BCUT2D eigenvalue weighted by atomic mass is 9.77. The van der Waals surface area contributed by atoms with E-state index in [2.05, 4.69) is 19.0 Å². The number of likely N-dealkylation sites (N-methyl/N-ethyl adjacent to an activating group) is 1. The van der Waals surface area contributed by atoms with Crippen LogP contribution in [0.25, 0.3) is 0 Å². The van der Waals surface area contributed by atoms with Crippen molar-refractivity contribution in [1.82, 2.24) is 9.80 Å². The van der Waals surface area contributed by atoms with Gasteiger partial charge in [0.1, 0.15) is 11.5 Å². The van der Waals surface area contributed by atoms with Crippen molar-refractivity contribution in [3.63, 3.8) is 0 Å². The molecular formula is C20H30N2O4. The summed E-state index contributed by atoms with van der Waals surface area (Å²) >= 11 is 0. The third kappa shape index (κ3) is 3.53. The minimum absolute atomic E-state index is 0.0364. The molecule has 0 aromatic heterocycles. The first kappa shape index (κ1) is 19.0. The highest BCUT2D eigenvalue weighted by molar-refractivity contribution is 5.97. The van der Waals surface area contributed by atoms with E-state index in [0.717, 1.165) is 25.9 Å². The van der Waals surface area contributed by atoms with Crippen molar-refractivity contribution < 1.29 is 19.0 Å². The number of nitrogens with zero attached hydrogens (tertiary/aromatic N) is 2. The fourth-order valence-corrected chi connectivity index (χ4v) is 4.50. The molecule has 1 heterocycles. The highest BCUT2D eigenvalue weighted by atomic mass is 16.5. The van der Waals surface area contributed by atoms with Crippen LogP contribution in [0.1, 0.15) is 23.2 Å². The van der Waals surface area contributed by atoms with Crippen LogP contribution < -0.4 is 9.47 Å². The molecule has 0 unspecified atom stereocenters. The number of amides is 1. The number of carbonyl (C=O) groups excluding carboxylic acids is 1. The van der Waals surface area contributed by atoms with Gasteiger partial charge in [-0.25, -0.2) is 0 Å². The molecule has 2 fully saturated rings. The van der Waals surface area contributed by atoms with E-state index in [0.29, 0.717) is 34.9 Å². The summed E-state index contributed by atoms with van der Waals surface area (Å²) in [6.07, 6.45) is 2.31. The number of carbonyl (C=O) groups is 1. The number of fused-ring (bicyclic) bond motifs is 1. The second-order valence-corrected chi connectivity index (χ2v) is 7.57. The molecule has 1 amide bonds. The van der Waals surface area contributed by atoms with Crippen LogP contribution in [0.3, 0.4) is 0 Å². The normalized spacial score (nSPS) is 28.2. The van der Waals surface area contributed by atoms with Crippen molar-refractivity contribution >= 4 is 5.91 Å². The van der Waals surface area contributed by atoms with Crippen molar-refractivity contribution in [3.05, 3.63) is 23.8 Å². The lowest BCUT2D eigenvalue weighted by Gasteiger charge is -2.40. The van der Waals surface area contributed by atoms with Gasteiger partial charge >= 0.3 is 0 Å². The van der Waals surface area contributed by atoms with Gasteiger partial charge in [-0.05, 0) is 50.9 Å². The summed E-state index contributed by atoms with van der Waals surface area (Å²) in [6.45, 7) is 1.60. The zero-order valence-electron chi connectivity index (χ0n) is 16.4. The molecular weight excluding hydrogens is 332 g/mol. The molecule has 0 N–H and O–H groups in total. The van der Waals surface area contributed by atoms with E-state index in [-0.39, 0.29) is 12.0 Å². The van der Waals surface area contributed by atoms with E-state index >= 15 is 0 Å². The molecule has 26 heavy (non-hydrogen) atoms. The number of hydrogen-bond acceptors (Lipinski definition) is 5. The lowest BCUT2D eigenvalue weighted by molar-refractivity contribution is -0.0209. The number of ether oxygens (including phenoxy) is 3. The Morgan fingerprint density at radius 3 is 2.35 bits per heavy atom. The Morgan fingerprint density at radius 2 is 1.77 bits per heavy atom. The summed E-state index contributed by atoms with van der Waals surface area (Å²) < 4.78 is 16.4. The number of hydrogen-bond donors (Lipinski definition) is 0. The standard InChI is InChI=1S/C20H30N2O4/c1-21(2)17-8-13-11-22(12-14(13)9-19(17)26-5)20(23)16-7-6-15(24-3)10-18(16)25-4/h6-7,10,13-14,17,19H,8-9,11-12H2,1-5H3/t13-,14+,17-,19-/m1/s1. The van der Waals surface area contributed by atoms with Gasteiger partial charge in [0.2, 0.25) is 0 Å². The molecule has 3 rings (SSSR count). The zero-order chi connectivity index (χ0) is 18.8. The first-order chi connectivity index (χ1) is 12.5. The largest absolute Gasteiger partial charge is 0.497 e. The predicted octanol–water partition coefficient (Wildman–Crippen LogP) is 2.13. The maximum absolute atomic E-state index is 13.1. The molecule has 1 aliphatic carbocycles. The first-order valence-electron chi connectivity index (χ1n) is 9.19. The Hall–Kier alpha value is -1.79. The summed E-state index contributed by atoms with van der Waals surface area (Å²) in [4.78, 5) is 17.3. The monoisotopic (exact) mass is 362 g/mol. The first-order valence-corrected chi connectivity index (χ1v) is 9.19. The van der Waals surface area contributed by atoms with Crippen molar-refractivity contribution in [2.24, 2.45) is 11.8 Å². The SMILES string of the molecule is COc1ccc(C(=O)N2C[C@H]3C[C@@H](N(C)C)[C@H](OC)C[C@H]3C2)c(OC)c1. The van der Waals surface area contributed by atoms with Crippen LogP contribution in [0.5, 0.6) is 11.5 Å². The number of benzene rings is 1. The molecule has 1 saturated carbocycles. The smallest absolute Gasteiger partial charge is 0.257 e. The van der Waals surface area contributed by atoms with Gasteiger partial charge in [-0.2, -0.15) is 0 Å². The topological polar surface area (TPSA) is 51.2 Å². The maximum atomic E-state index is 13.1. The molecule has 1 aliphatic heterocycles. The molecule has 0 bridgehead atoms. The van der Waals surface area contributed by atoms with Gasteiger partial charge in [-0.1, -0.05) is 0 Å². The van der Waals surface area contributed by atoms with Crippen LogP contribution >= 0.6 is 0 Å². The number of likely N-dealkylation sites (tertiary alicyclic amines) is 1. The van der Waals surface area contributed by atoms with Crippen molar-refractivity contribution in [2.75, 3.05) is 48.5 Å². The van der Waals surface area contributed by atoms with Gasteiger partial charge in [0.05, 0.1) is 25.9 Å². The van der Waals surface area contributed by atoms with Crippen LogP contribution in [0, 0.1) is 11.8 Å². The van der Waals surface area contributed by atoms with Gasteiger partial charge in [0, 0.05) is 32.3 Å². The quantitative estimate of drug-likeness (QED) is 0.803. The van der Waals surface area contributed by atoms with Crippen LogP contribution in [0.15, 0.2) is 18.2 Å². The Balaban J connectivity index is 1.75. The summed E-state index contributed by atoms with van der Waals surface area (Å²) in [5, 5.41) is 0. The van der Waals surface area contributed by atoms with Crippen LogP contribution in [-0.4, -0.2) is 76.4 Å². The van der Waals surface area contributed by atoms with E-state index in [9.17, 15) is 4.79 Å². The third-order valence-electron chi connectivity index (χ3n) is 5.98. The Bertz CT molecular complexity index is 649. The van der Waals surface area contributed by atoms with Gasteiger partial charge in [0.25, 0.3) is 5.91 Å². The highest BCUT2D eigenvalue weighted by Gasteiger charge is 2.44. The average molecular weight is 362 g/mol. The second-order valence-electron chi connectivity index (χ2n) is 7.57. The Morgan fingerprint density at radius 1 is 1.08 bits per heavy atom. The number of methoxy groups -OCH3 is 3. The predicted molar refractivity (Wildman–Crippen MR) is 99.9 cm³/mol. The van der Waals surface area contributed by atoms with Crippen molar-refractivity contribution in [1.29, 1.82) is 0 Å². The van der Waals surface area contributed by atoms with Crippen molar-refractivity contribution in [2.45, 2.75) is 25.0 Å². The Labute approximate surface area is 156 Å². The Kier molecular flexibility index (Phi) is 5.73. The van der Waals surface area contributed by atoms with Crippen LogP contribution in [-0.2, 0) is 4.74 Å². The van der Waals surface area contributed by atoms with E-state index < -0.39 is 0 Å². The molecule has 2 aliphatic rings. The average Bonchev–Trinajstić information content (AvgIpc) is 3.08. The van der Waals surface area contributed by atoms with E-state index in [1.165, 1.54) is 0 Å². The minimum atomic E-state index is 0.0364. The molecule has 144 valence electrons. The van der Waals surface area contributed by atoms with Gasteiger partial charge in [-0.3, -0.25) is 4.79 Å².